The van der Waals surface area contributed by atoms with Crippen molar-refractivity contribution in [1.82, 2.24) is 5.32 Å². The number of rotatable bonds is 6. The van der Waals surface area contributed by atoms with Gasteiger partial charge in [-0.3, -0.25) is 9.59 Å². The molecule has 0 aliphatic rings. The fourth-order valence-electron chi connectivity index (χ4n) is 2.66. The summed E-state index contributed by atoms with van der Waals surface area (Å²) in [5.41, 5.74) is 2.18. The van der Waals surface area contributed by atoms with Crippen molar-refractivity contribution in [2.24, 2.45) is 0 Å². The average Bonchev–Trinajstić information content (AvgIpc) is 2.78. The zero-order chi connectivity index (χ0) is 21.3. The van der Waals surface area contributed by atoms with E-state index in [-0.39, 0.29) is 18.4 Å². The molecule has 146 valence electrons. The number of hydrogen-bond acceptors (Lipinski definition) is 4. The second-order valence-electron chi connectivity index (χ2n) is 6.16. The minimum absolute atomic E-state index is 0.188. The van der Waals surface area contributed by atoms with Crippen molar-refractivity contribution >= 4 is 29.3 Å². The standard InChI is InChI=1S/C24H17N3O2S/c1-2-17-8-7-10-19(14-17)27-23(28)16-26-24(29)20-11-4-6-13-22(20)30-21-12-5-3-9-18(21)15-25/h1,3-14H,16H2,(H,26,29)(H,27,28). The second-order valence-corrected chi connectivity index (χ2v) is 7.25. The predicted octanol–water partition coefficient (Wildman–Crippen LogP) is 4.06. The van der Waals surface area contributed by atoms with Crippen LogP contribution in [0.25, 0.3) is 0 Å². The summed E-state index contributed by atoms with van der Waals surface area (Å²) >= 11 is 1.33. The Morgan fingerprint density at radius 1 is 0.967 bits per heavy atom. The summed E-state index contributed by atoms with van der Waals surface area (Å²) in [6.07, 6.45) is 5.36. The summed E-state index contributed by atoms with van der Waals surface area (Å²) in [5, 5.41) is 14.6. The van der Waals surface area contributed by atoms with Crippen LogP contribution in [0.3, 0.4) is 0 Å². The molecule has 0 aliphatic heterocycles. The van der Waals surface area contributed by atoms with Gasteiger partial charge in [0.25, 0.3) is 5.91 Å². The maximum Gasteiger partial charge on any atom is 0.252 e. The van der Waals surface area contributed by atoms with E-state index in [1.54, 1.807) is 54.6 Å². The average molecular weight is 411 g/mol. The fourth-order valence-corrected chi connectivity index (χ4v) is 3.68. The molecule has 0 spiro atoms. The number of carbonyl (C=O) groups excluding carboxylic acids is 2. The molecule has 3 aromatic rings. The van der Waals surface area contributed by atoms with Crippen LogP contribution in [0.1, 0.15) is 21.5 Å². The van der Waals surface area contributed by atoms with E-state index in [9.17, 15) is 14.9 Å². The number of anilines is 1. The highest BCUT2D eigenvalue weighted by molar-refractivity contribution is 7.99. The maximum absolute atomic E-state index is 12.7. The van der Waals surface area contributed by atoms with E-state index in [1.807, 2.05) is 18.2 Å². The quantitative estimate of drug-likeness (QED) is 0.600. The predicted molar refractivity (Wildman–Crippen MR) is 117 cm³/mol. The number of amides is 2. The van der Waals surface area contributed by atoms with E-state index >= 15 is 0 Å². The number of nitrogens with one attached hydrogen (secondary N) is 2. The molecule has 5 nitrogen and oxygen atoms in total. The zero-order valence-electron chi connectivity index (χ0n) is 15.9. The summed E-state index contributed by atoms with van der Waals surface area (Å²) in [6, 6.07) is 23.3. The zero-order valence-corrected chi connectivity index (χ0v) is 16.7. The minimum atomic E-state index is -0.375. The van der Waals surface area contributed by atoms with Crippen LogP contribution in [0.5, 0.6) is 0 Å². The highest BCUT2D eigenvalue weighted by atomic mass is 32.2. The van der Waals surface area contributed by atoms with E-state index in [0.29, 0.717) is 27.3 Å². The molecule has 0 aliphatic carbocycles. The van der Waals surface area contributed by atoms with Crippen LogP contribution in [0, 0.1) is 23.7 Å². The Kier molecular flexibility index (Phi) is 6.89. The van der Waals surface area contributed by atoms with Crippen molar-refractivity contribution in [1.29, 1.82) is 5.26 Å². The molecule has 0 atom stereocenters. The summed E-state index contributed by atoms with van der Waals surface area (Å²) in [6.45, 7) is -0.188. The number of nitriles is 1. The molecule has 0 saturated carbocycles. The SMILES string of the molecule is C#Cc1cccc(NC(=O)CNC(=O)c2ccccc2Sc2ccccc2C#N)c1. The molecule has 0 saturated heterocycles. The molecule has 3 rings (SSSR count). The van der Waals surface area contributed by atoms with Crippen molar-refractivity contribution < 1.29 is 9.59 Å². The van der Waals surface area contributed by atoms with Crippen LogP contribution in [0.2, 0.25) is 0 Å². The number of carbonyl (C=O) groups is 2. The highest BCUT2D eigenvalue weighted by Crippen LogP contribution is 2.32. The van der Waals surface area contributed by atoms with Crippen LogP contribution in [0.4, 0.5) is 5.69 Å². The summed E-state index contributed by atoms with van der Waals surface area (Å²) in [7, 11) is 0. The number of hydrogen-bond donors (Lipinski definition) is 2. The third-order valence-corrected chi connectivity index (χ3v) is 5.23. The lowest BCUT2D eigenvalue weighted by Crippen LogP contribution is -2.33. The summed E-state index contributed by atoms with van der Waals surface area (Å²) < 4.78 is 0. The van der Waals surface area contributed by atoms with E-state index < -0.39 is 0 Å². The van der Waals surface area contributed by atoms with E-state index in [4.69, 9.17) is 6.42 Å². The van der Waals surface area contributed by atoms with Crippen LogP contribution in [-0.2, 0) is 4.79 Å². The molecule has 2 amide bonds. The molecular formula is C24H17N3O2S. The van der Waals surface area contributed by atoms with Crippen molar-refractivity contribution in [2.45, 2.75) is 9.79 Å². The van der Waals surface area contributed by atoms with Gasteiger partial charge in [0.05, 0.1) is 17.7 Å². The van der Waals surface area contributed by atoms with Crippen LogP contribution >= 0.6 is 11.8 Å². The van der Waals surface area contributed by atoms with Gasteiger partial charge in [0.15, 0.2) is 0 Å². The molecular weight excluding hydrogens is 394 g/mol. The van der Waals surface area contributed by atoms with Gasteiger partial charge in [-0.15, -0.1) is 6.42 Å². The first-order chi connectivity index (χ1) is 14.6. The van der Waals surface area contributed by atoms with Crippen LogP contribution in [-0.4, -0.2) is 18.4 Å². The maximum atomic E-state index is 12.7. The van der Waals surface area contributed by atoms with E-state index in [2.05, 4.69) is 22.6 Å². The van der Waals surface area contributed by atoms with Crippen LogP contribution < -0.4 is 10.6 Å². The Labute approximate surface area is 179 Å². The molecule has 0 heterocycles. The number of benzene rings is 3. The van der Waals surface area contributed by atoms with Gasteiger partial charge in [-0.05, 0) is 42.5 Å². The molecule has 0 radical (unpaired) electrons. The summed E-state index contributed by atoms with van der Waals surface area (Å²) in [5.74, 6) is 1.76. The first kappa shape index (κ1) is 20.7. The van der Waals surface area contributed by atoms with Crippen molar-refractivity contribution in [2.75, 3.05) is 11.9 Å². The Balaban J connectivity index is 1.67. The van der Waals surface area contributed by atoms with Gasteiger partial charge in [-0.2, -0.15) is 5.26 Å². The molecule has 6 heteroatoms. The van der Waals surface area contributed by atoms with Gasteiger partial charge in [0.2, 0.25) is 5.91 Å². The van der Waals surface area contributed by atoms with Crippen molar-refractivity contribution in [3.63, 3.8) is 0 Å². The van der Waals surface area contributed by atoms with E-state index in [1.165, 1.54) is 11.8 Å². The number of nitrogens with zero attached hydrogens (tertiary/aromatic N) is 1. The molecule has 3 aromatic carbocycles. The summed E-state index contributed by atoms with van der Waals surface area (Å²) in [4.78, 5) is 26.3. The van der Waals surface area contributed by atoms with Gasteiger partial charge in [-0.25, -0.2) is 0 Å². The monoisotopic (exact) mass is 411 g/mol. The molecule has 0 fully saturated rings. The molecule has 0 bridgehead atoms. The van der Waals surface area contributed by atoms with Crippen molar-refractivity contribution in [3.05, 3.63) is 89.5 Å². The smallest absolute Gasteiger partial charge is 0.252 e. The number of terminal acetylenes is 1. The first-order valence-electron chi connectivity index (χ1n) is 9.01. The first-order valence-corrected chi connectivity index (χ1v) is 9.83. The Morgan fingerprint density at radius 2 is 1.70 bits per heavy atom. The van der Waals surface area contributed by atoms with E-state index in [0.717, 1.165) is 4.90 Å². The molecule has 2 N–H and O–H groups in total. The Morgan fingerprint density at radius 3 is 2.47 bits per heavy atom. The largest absolute Gasteiger partial charge is 0.343 e. The van der Waals surface area contributed by atoms with Gasteiger partial charge in [0.1, 0.15) is 6.07 Å². The van der Waals surface area contributed by atoms with Crippen LogP contribution in [0.15, 0.2) is 82.6 Å². The Hall–Kier alpha value is -4.00. The topological polar surface area (TPSA) is 82.0 Å². The minimum Gasteiger partial charge on any atom is -0.343 e. The van der Waals surface area contributed by atoms with Gasteiger partial charge in [0, 0.05) is 21.0 Å². The Bertz CT molecular complexity index is 1180. The lowest BCUT2D eigenvalue weighted by atomic mass is 10.2. The highest BCUT2D eigenvalue weighted by Gasteiger charge is 2.14. The molecule has 30 heavy (non-hydrogen) atoms. The third kappa shape index (κ3) is 5.29. The lowest BCUT2D eigenvalue weighted by molar-refractivity contribution is -0.115. The molecule has 0 aromatic heterocycles. The third-order valence-electron chi connectivity index (χ3n) is 4.08. The lowest BCUT2D eigenvalue weighted by Gasteiger charge is -2.11. The van der Waals surface area contributed by atoms with Gasteiger partial charge in [-0.1, -0.05) is 48.0 Å². The normalized spacial score (nSPS) is 9.80. The van der Waals surface area contributed by atoms with Crippen molar-refractivity contribution in [3.8, 4) is 18.4 Å². The van der Waals surface area contributed by atoms with Gasteiger partial charge < -0.3 is 10.6 Å². The van der Waals surface area contributed by atoms with Gasteiger partial charge >= 0.3 is 0 Å². The molecule has 0 unspecified atom stereocenters. The fraction of sp³-hybridized carbons (Fsp3) is 0.0417. The second kappa shape index (κ2) is 9.97.